The average Bonchev–Trinajstić information content (AvgIpc) is 2.90. The molecule has 0 fully saturated rings. The first-order chi connectivity index (χ1) is 11.0. The molecule has 2 aromatic rings. The lowest BCUT2D eigenvalue weighted by atomic mass is 10.2. The Morgan fingerprint density at radius 3 is 2.91 bits per heavy atom. The Labute approximate surface area is 138 Å². The number of amides is 1. The van der Waals surface area contributed by atoms with Crippen molar-refractivity contribution in [2.24, 2.45) is 0 Å². The Hall–Kier alpha value is -2.41. The number of ether oxygens (including phenoxy) is 1. The van der Waals surface area contributed by atoms with Crippen LogP contribution in [0.2, 0.25) is 0 Å². The summed E-state index contributed by atoms with van der Waals surface area (Å²) >= 11 is 1.29. The van der Waals surface area contributed by atoms with Gasteiger partial charge in [-0.3, -0.25) is 9.59 Å². The fraction of sp³-hybridized carbons (Fsp3) is 0.312. The zero-order chi connectivity index (χ0) is 16.7. The highest BCUT2D eigenvalue weighted by atomic mass is 32.1. The number of rotatable bonds is 8. The van der Waals surface area contributed by atoms with E-state index < -0.39 is 5.97 Å². The summed E-state index contributed by atoms with van der Waals surface area (Å²) in [4.78, 5) is 26.5. The molecule has 0 radical (unpaired) electrons. The number of thiazole rings is 1. The quantitative estimate of drug-likeness (QED) is 0.719. The number of aryl methyl sites for hydroxylation is 1. The summed E-state index contributed by atoms with van der Waals surface area (Å²) in [5.41, 5.74) is 1.60. The number of hydrogen-bond acceptors (Lipinski definition) is 5. The second-order valence-corrected chi connectivity index (χ2v) is 5.94. The Kier molecular flexibility index (Phi) is 6.10. The van der Waals surface area contributed by atoms with E-state index in [0.29, 0.717) is 23.9 Å². The fourth-order valence-corrected chi connectivity index (χ4v) is 2.72. The van der Waals surface area contributed by atoms with Crippen LogP contribution in [-0.4, -0.2) is 35.1 Å². The van der Waals surface area contributed by atoms with E-state index in [1.165, 1.54) is 11.3 Å². The molecule has 0 saturated heterocycles. The Balaban J connectivity index is 1.69. The molecule has 1 aromatic carbocycles. The van der Waals surface area contributed by atoms with Gasteiger partial charge in [0.05, 0.1) is 25.1 Å². The first-order valence-electron chi connectivity index (χ1n) is 7.14. The highest BCUT2D eigenvalue weighted by Crippen LogP contribution is 2.12. The molecule has 0 aliphatic heterocycles. The van der Waals surface area contributed by atoms with Crippen LogP contribution in [0.4, 0.5) is 0 Å². The van der Waals surface area contributed by atoms with Crippen molar-refractivity contribution in [1.29, 1.82) is 0 Å². The minimum absolute atomic E-state index is 0.123. The van der Waals surface area contributed by atoms with Gasteiger partial charge in [0.15, 0.2) is 0 Å². The van der Waals surface area contributed by atoms with Crippen molar-refractivity contribution < 1.29 is 19.4 Å². The molecule has 0 bridgehead atoms. The molecule has 0 aliphatic carbocycles. The Morgan fingerprint density at radius 1 is 1.35 bits per heavy atom. The molecule has 1 aromatic heterocycles. The third kappa shape index (κ3) is 6.07. The maximum absolute atomic E-state index is 11.8. The molecule has 23 heavy (non-hydrogen) atoms. The molecule has 7 heteroatoms. The van der Waals surface area contributed by atoms with Crippen LogP contribution in [0.3, 0.4) is 0 Å². The van der Waals surface area contributed by atoms with Crippen molar-refractivity contribution in [3.63, 3.8) is 0 Å². The number of carbonyl (C=O) groups is 2. The predicted octanol–water partition coefficient (Wildman–Crippen LogP) is 1.82. The lowest BCUT2D eigenvalue weighted by molar-refractivity contribution is -0.136. The van der Waals surface area contributed by atoms with Crippen molar-refractivity contribution in [3.05, 3.63) is 45.9 Å². The maximum atomic E-state index is 11.8. The lowest BCUT2D eigenvalue weighted by Gasteiger charge is -2.07. The van der Waals surface area contributed by atoms with Gasteiger partial charge in [-0.15, -0.1) is 11.3 Å². The van der Waals surface area contributed by atoms with Crippen LogP contribution < -0.4 is 10.1 Å². The van der Waals surface area contributed by atoms with E-state index >= 15 is 0 Å². The monoisotopic (exact) mass is 334 g/mol. The molecule has 2 N–H and O–H groups in total. The standard InChI is InChI=1S/C16H18N2O4S/c1-11-3-2-4-13(7-11)22-6-5-17-14(19)9-15-18-12(10-23-15)8-16(20)21/h2-4,7,10H,5-6,8-9H2,1H3,(H,17,19)(H,20,21). The van der Waals surface area contributed by atoms with Gasteiger partial charge in [0.25, 0.3) is 0 Å². The van der Waals surface area contributed by atoms with E-state index in [2.05, 4.69) is 10.3 Å². The van der Waals surface area contributed by atoms with Crippen LogP contribution in [-0.2, 0) is 22.4 Å². The molecule has 0 atom stereocenters. The second-order valence-electron chi connectivity index (χ2n) is 4.99. The second kappa shape index (κ2) is 8.28. The summed E-state index contributed by atoms with van der Waals surface area (Å²) in [5.74, 6) is -0.314. The van der Waals surface area contributed by atoms with Crippen molar-refractivity contribution >= 4 is 23.2 Å². The molecule has 6 nitrogen and oxygen atoms in total. The minimum atomic E-state index is -0.931. The predicted molar refractivity (Wildman–Crippen MR) is 86.8 cm³/mol. The Bertz CT molecular complexity index is 684. The van der Waals surface area contributed by atoms with Gasteiger partial charge in [-0.2, -0.15) is 0 Å². The van der Waals surface area contributed by atoms with Crippen molar-refractivity contribution in [1.82, 2.24) is 10.3 Å². The highest BCUT2D eigenvalue weighted by Gasteiger charge is 2.09. The van der Waals surface area contributed by atoms with E-state index in [9.17, 15) is 9.59 Å². The molecule has 0 saturated carbocycles. The number of aromatic nitrogens is 1. The maximum Gasteiger partial charge on any atom is 0.309 e. The summed E-state index contributed by atoms with van der Waals surface area (Å²) < 4.78 is 5.54. The van der Waals surface area contributed by atoms with Gasteiger partial charge in [-0.05, 0) is 24.6 Å². The van der Waals surface area contributed by atoms with Gasteiger partial charge in [0.2, 0.25) is 5.91 Å². The van der Waals surface area contributed by atoms with E-state index in [1.54, 1.807) is 5.38 Å². The van der Waals surface area contributed by atoms with Crippen LogP contribution >= 0.6 is 11.3 Å². The molecule has 1 heterocycles. The summed E-state index contributed by atoms with van der Waals surface area (Å²) in [6.07, 6.45) is 0.0250. The SMILES string of the molecule is Cc1cccc(OCCNC(=O)Cc2nc(CC(=O)O)cs2)c1. The van der Waals surface area contributed by atoms with Gasteiger partial charge in [-0.1, -0.05) is 12.1 Å². The van der Waals surface area contributed by atoms with Gasteiger partial charge in [0.1, 0.15) is 17.4 Å². The fourth-order valence-electron chi connectivity index (χ4n) is 1.93. The van der Waals surface area contributed by atoms with Crippen LogP contribution in [0, 0.1) is 6.92 Å². The zero-order valence-corrected chi connectivity index (χ0v) is 13.6. The highest BCUT2D eigenvalue weighted by molar-refractivity contribution is 7.09. The first-order valence-corrected chi connectivity index (χ1v) is 8.02. The van der Waals surface area contributed by atoms with Crippen LogP contribution in [0.5, 0.6) is 5.75 Å². The molecule has 0 aliphatic rings. The number of nitrogens with zero attached hydrogens (tertiary/aromatic N) is 1. The van der Waals surface area contributed by atoms with Crippen molar-refractivity contribution in [2.45, 2.75) is 19.8 Å². The number of carbonyl (C=O) groups excluding carboxylic acids is 1. The molecule has 122 valence electrons. The van der Waals surface area contributed by atoms with Crippen molar-refractivity contribution in [2.75, 3.05) is 13.2 Å². The van der Waals surface area contributed by atoms with E-state index in [1.807, 2.05) is 31.2 Å². The van der Waals surface area contributed by atoms with Gasteiger partial charge < -0.3 is 15.2 Å². The number of nitrogens with one attached hydrogen (secondary N) is 1. The summed E-state index contributed by atoms with van der Waals surface area (Å²) in [5, 5.41) is 13.7. The molecular formula is C16H18N2O4S. The first kappa shape index (κ1) is 17.0. The van der Waals surface area contributed by atoms with E-state index in [0.717, 1.165) is 11.3 Å². The van der Waals surface area contributed by atoms with Crippen molar-refractivity contribution in [3.8, 4) is 5.75 Å². The smallest absolute Gasteiger partial charge is 0.309 e. The largest absolute Gasteiger partial charge is 0.492 e. The summed E-state index contributed by atoms with van der Waals surface area (Å²) in [7, 11) is 0. The number of carboxylic acids is 1. The Morgan fingerprint density at radius 2 is 2.17 bits per heavy atom. The number of carboxylic acid groups (broad SMARTS) is 1. The van der Waals surface area contributed by atoms with Crippen LogP contribution in [0.15, 0.2) is 29.6 Å². The zero-order valence-electron chi connectivity index (χ0n) is 12.7. The van der Waals surface area contributed by atoms with Gasteiger partial charge in [0, 0.05) is 5.38 Å². The summed E-state index contributed by atoms with van der Waals surface area (Å²) in [6, 6.07) is 7.71. The topological polar surface area (TPSA) is 88.5 Å². The number of hydrogen-bond donors (Lipinski definition) is 2. The normalized spacial score (nSPS) is 10.3. The minimum Gasteiger partial charge on any atom is -0.492 e. The molecule has 0 unspecified atom stereocenters. The lowest BCUT2D eigenvalue weighted by Crippen LogP contribution is -2.29. The molecule has 2 rings (SSSR count). The molecular weight excluding hydrogens is 316 g/mol. The molecule has 1 amide bonds. The summed E-state index contributed by atoms with van der Waals surface area (Å²) in [6.45, 7) is 2.78. The van der Waals surface area contributed by atoms with Crippen LogP contribution in [0.25, 0.3) is 0 Å². The van der Waals surface area contributed by atoms with Gasteiger partial charge >= 0.3 is 5.97 Å². The number of aliphatic carboxylic acids is 1. The van der Waals surface area contributed by atoms with Crippen LogP contribution in [0.1, 0.15) is 16.3 Å². The third-order valence-electron chi connectivity index (χ3n) is 2.93. The molecule has 0 spiro atoms. The number of benzene rings is 1. The van der Waals surface area contributed by atoms with Gasteiger partial charge in [-0.25, -0.2) is 4.98 Å². The van der Waals surface area contributed by atoms with E-state index in [4.69, 9.17) is 9.84 Å². The third-order valence-corrected chi connectivity index (χ3v) is 3.82. The van der Waals surface area contributed by atoms with E-state index in [-0.39, 0.29) is 18.7 Å². The average molecular weight is 334 g/mol.